The first kappa shape index (κ1) is 14.7. The van der Waals surface area contributed by atoms with E-state index in [4.69, 9.17) is 4.74 Å². The normalized spacial score (nSPS) is 14.9. The molecule has 3 rings (SSSR count). The Labute approximate surface area is 130 Å². The Morgan fingerprint density at radius 1 is 1.18 bits per heavy atom. The number of pyridine rings is 1. The zero-order chi connectivity index (χ0) is 15.4. The molecule has 1 saturated heterocycles. The van der Waals surface area contributed by atoms with Crippen LogP contribution in [0.25, 0.3) is 0 Å². The fourth-order valence-electron chi connectivity index (χ4n) is 2.43. The molecule has 2 aromatic rings. The number of hydrogen-bond donors (Lipinski definition) is 0. The van der Waals surface area contributed by atoms with E-state index in [1.165, 1.54) is 5.56 Å². The summed E-state index contributed by atoms with van der Waals surface area (Å²) < 4.78 is 5.38. The van der Waals surface area contributed by atoms with Crippen LogP contribution in [0, 0.1) is 6.92 Å². The lowest BCUT2D eigenvalue weighted by Crippen LogP contribution is -2.36. The molecule has 6 heteroatoms. The average molecular weight is 299 g/mol. The minimum Gasteiger partial charge on any atom is -0.378 e. The summed E-state index contributed by atoms with van der Waals surface area (Å²) >= 11 is 0. The second kappa shape index (κ2) is 6.70. The molecule has 1 aliphatic heterocycles. The molecule has 3 heterocycles. The maximum atomic E-state index is 5.38. The summed E-state index contributed by atoms with van der Waals surface area (Å²) in [4.78, 5) is 17.5. The number of nitrogens with zero attached hydrogens (tertiary/aromatic N) is 5. The Morgan fingerprint density at radius 3 is 2.73 bits per heavy atom. The molecule has 1 aliphatic rings. The molecule has 22 heavy (non-hydrogen) atoms. The smallest absolute Gasteiger partial charge is 0.134 e. The maximum absolute atomic E-state index is 5.38. The quantitative estimate of drug-likeness (QED) is 0.856. The highest BCUT2D eigenvalue weighted by molar-refractivity contribution is 5.50. The van der Waals surface area contributed by atoms with Gasteiger partial charge in [0, 0.05) is 32.4 Å². The van der Waals surface area contributed by atoms with Crippen molar-refractivity contribution in [3.63, 3.8) is 0 Å². The van der Waals surface area contributed by atoms with Crippen molar-refractivity contribution in [3.8, 4) is 0 Å². The molecule has 0 aliphatic carbocycles. The first-order valence-electron chi connectivity index (χ1n) is 7.50. The Kier molecular flexibility index (Phi) is 4.48. The van der Waals surface area contributed by atoms with Gasteiger partial charge in [-0.15, -0.1) is 0 Å². The van der Waals surface area contributed by atoms with Crippen molar-refractivity contribution in [1.82, 2.24) is 15.0 Å². The van der Waals surface area contributed by atoms with Crippen molar-refractivity contribution in [2.24, 2.45) is 0 Å². The molecule has 0 spiro atoms. The van der Waals surface area contributed by atoms with E-state index < -0.39 is 0 Å². The van der Waals surface area contributed by atoms with E-state index in [-0.39, 0.29) is 0 Å². The third kappa shape index (κ3) is 3.51. The topological polar surface area (TPSA) is 54.4 Å². The monoisotopic (exact) mass is 299 g/mol. The van der Waals surface area contributed by atoms with Crippen molar-refractivity contribution in [3.05, 3.63) is 42.0 Å². The predicted molar refractivity (Wildman–Crippen MR) is 86.1 cm³/mol. The first-order chi connectivity index (χ1) is 10.7. The Hall–Kier alpha value is -2.21. The fourth-order valence-corrected chi connectivity index (χ4v) is 2.43. The number of aryl methyl sites for hydroxylation is 1. The highest BCUT2D eigenvalue weighted by Gasteiger charge is 2.14. The van der Waals surface area contributed by atoms with Crippen molar-refractivity contribution >= 4 is 11.6 Å². The summed E-state index contributed by atoms with van der Waals surface area (Å²) in [5.41, 5.74) is 2.20. The molecule has 0 amide bonds. The minimum absolute atomic E-state index is 0.722. The standard InChI is InChI=1S/C16H21N5O/c1-13-3-4-14(17-10-13)11-20(2)15-9-16(19-12-18-15)21-5-7-22-8-6-21/h3-4,9-10,12H,5-8,11H2,1-2H3. The van der Waals surface area contributed by atoms with Crippen molar-refractivity contribution in [2.45, 2.75) is 13.5 Å². The van der Waals surface area contributed by atoms with Crippen LogP contribution in [0.15, 0.2) is 30.7 Å². The lowest BCUT2D eigenvalue weighted by Gasteiger charge is -2.28. The van der Waals surface area contributed by atoms with Gasteiger partial charge in [0.15, 0.2) is 0 Å². The average Bonchev–Trinajstić information content (AvgIpc) is 2.58. The Bertz CT molecular complexity index is 610. The molecule has 0 atom stereocenters. The van der Waals surface area contributed by atoms with E-state index in [1.54, 1.807) is 6.33 Å². The molecule has 0 aromatic carbocycles. The predicted octanol–water partition coefficient (Wildman–Crippen LogP) is 1.65. The van der Waals surface area contributed by atoms with Gasteiger partial charge >= 0.3 is 0 Å². The van der Waals surface area contributed by atoms with Gasteiger partial charge in [-0.05, 0) is 18.6 Å². The van der Waals surface area contributed by atoms with Crippen molar-refractivity contribution < 1.29 is 4.74 Å². The Morgan fingerprint density at radius 2 is 2.00 bits per heavy atom. The summed E-state index contributed by atoms with van der Waals surface area (Å²) in [7, 11) is 2.02. The SMILES string of the molecule is Cc1ccc(CN(C)c2cc(N3CCOCC3)ncn2)nc1. The van der Waals surface area contributed by atoms with Crippen molar-refractivity contribution in [1.29, 1.82) is 0 Å². The molecule has 1 fully saturated rings. The van der Waals surface area contributed by atoms with Crippen LogP contribution in [0.2, 0.25) is 0 Å². The summed E-state index contributed by atoms with van der Waals surface area (Å²) in [6.07, 6.45) is 3.52. The number of hydrogen-bond acceptors (Lipinski definition) is 6. The van der Waals surface area contributed by atoms with Crippen LogP contribution in [0.1, 0.15) is 11.3 Å². The molecule has 6 nitrogen and oxygen atoms in total. The van der Waals surface area contributed by atoms with E-state index in [0.29, 0.717) is 0 Å². The molecule has 0 saturated carbocycles. The van der Waals surface area contributed by atoms with E-state index in [2.05, 4.69) is 36.9 Å². The first-order valence-corrected chi connectivity index (χ1v) is 7.50. The number of anilines is 2. The zero-order valence-corrected chi connectivity index (χ0v) is 13.1. The van der Waals surface area contributed by atoms with Gasteiger partial charge in [-0.1, -0.05) is 6.07 Å². The molecule has 116 valence electrons. The van der Waals surface area contributed by atoms with Crippen molar-refractivity contribution in [2.75, 3.05) is 43.2 Å². The molecule has 0 N–H and O–H groups in total. The van der Waals surface area contributed by atoms with Crippen LogP contribution >= 0.6 is 0 Å². The van der Waals surface area contributed by atoms with E-state index in [9.17, 15) is 0 Å². The van der Waals surface area contributed by atoms with Crippen LogP contribution < -0.4 is 9.80 Å². The second-order valence-electron chi connectivity index (χ2n) is 5.52. The summed E-state index contributed by atoms with van der Waals surface area (Å²) in [6, 6.07) is 6.16. The van der Waals surface area contributed by atoms with Crippen LogP contribution in [0.5, 0.6) is 0 Å². The molecule has 2 aromatic heterocycles. The van der Waals surface area contributed by atoms with Gasteiger partial charge in [0.25, 0.3) is 0 Å². The maximum Gasteiger partial charge on any atom is 0.134 e. The summed E-state index contributed by atoms with van der Waals surface area (Å²) in [5, 5.41) is 0. The van der Waals surface area contributed by atoms with Gasteiger partial charge in [-0.3, -0.25) is 4.98 Å². The molecule has 0 radical (unpaired) electrons. The number of ether oxygens (including phenoxy) is 1. The largest absolute Gasteiger partial charge is 0.378 e. The van der Waals surface area contributed by atoms with Gasteiger partial charge in [-0.25, -0.2) is 9.97 Å². The molecular formula is C16H21N5O. The second-order valence-corrected chi connectivity index (χ2v) is 5.52. The molecule has 0 unspecified atom stereocenters. The van der Waals surface area contributed by atoms with E-state index in [1.807, 2.05) is 26.2 Å². The highest BCUT2D eigenvalue weighted by Crippen LogP contribution is 2.18. The van der Waals surface area contributed by atoms with Crippen LogP contribution in [0.4, 0.5) is 11.6 Å². The highest BCUT2D eigenvalue weighted by atomic mass is 16.5. The third-order valence-electron chi connectivity index (χ3n) is 3.74. The van der Waals surface area contributed by atoms with Gasteiger partial charge in [0.2, 0.25) is 0 Å². The summed E-state index contributed by atoms with van der Waals surface area (Å²) in [6.45, 7) is 6.02. The number of aromatic nitrogens is 3. The number of rotatable bonds is 4. The van der Waals surface area contributed by atoms with Gasteiger partial charge in [0.1, 0.15) is 18.0 Å². The van der Waals surface area contributed by atoms with E-state index >= 15 is 0 Å². The van der Waals surface area contributed by atoms with Crippen LogP contribution in [-0.2, 0) is 11.3 Å². The fraction of sp³-hybridized carbons (Fsp3) is 0.438. The molecular weight excluding hydrogens is 278 g/mol. The van der Waals surface area contributed by atoms with Crippen LogP contribution in [0.3, 0.4) is 0 Å². The van der Waals surface area contributed by atoms with Gasteiger partial charge < -0.3 is 14.5 Å². The minimum atomic E-state index is 0.722. The lowest BCUT2D eigenvalue weighted by atomic mass is 10.2. The lowest BCUT2D eigenvalue weighted by molar-refractivity contribution is 0.122. The van der Waals surface area contributed by atoms with E-state index in [0.717, 1.165) is 50.2 Å². The summed E-state index contributed by atoms with van der Waals surface area (Å²) in [5.74, 6) is 1.86. The number of morpholine rings is 1. The molecule has 0 bridgehead atoms. The zero-order valence-electron chi connectivity index (χ0n) is 13.1. The van der Waals surface area contributed by atoms with Crippen LogP contribution in [-0.4, -0.2) is 48.3 Å². The van der Waals surface area contributed by atoms with Gasteiger partial charge in [-0.2, -0.15) is 0 Å². The Balaban J connectivity index is 1.71. The van der Waals surface area contributed by atoms with Gasteiger partial charge in [0.05, 0.1) is 25.5 Å². The third-order valence-corrected chi connectivity index (χ3v) is 3.74.